The van der Waals surface area contributed by atoms with Crippen LogP contribution >= 0.6 is 0 Å². The zero-order valence-corrected chi connectivity index (χ0v) is 21.8. The highest BCUT2D eigenvalue weighted by Gasteiger charge is 2.45. The molecule has 0 bridgehead atoms. The van der Waals surface area contributed by atoms with E-state index in [-0.39, 0.29) is 23.6 Å². The third-order valence-electron chi connectivity index (χ3n) is 8.47. The van der Waals surface area contributed by atoms with Gasteiger partial charge in [-0.3, -0.25) is 4.79 Å². The number of carbonyl (C=O) groups is 1. The summed E-state index contributed by atoms with van der Waals surface area (Å²) >= 11 is 0. The van der Waals surface area contributed by atoms with Crippen molar-refractivity contribution in [2.24, 2.45) is 5.92 Å². The van der Waals surface area contributed by atoms with E-state index in [0.29, 0.717) is 50.9 Å². The van der Waals surface area contributed by atoms with Gasteiger partial charge in [0.05, 0.1) is 36.4 Å². The van der Waals surface area contributed by atoms with E-state index in [4.69, 9.17) is 4.74 Å². The summed E-state index contributed by atoms with van der Waals surface area (Å²) < 4.78 is 86.0. The van der Waals surface area contributed by atoms with Gasteiger partial charge >= 0.3 is 18.3 Å². The summed E-state index contributed by atoms with van der Waals surface area (Å²) in [6.07, 6.45) is -7.00. The standard InChI is InChI=1S/C29H33F6NO4/c30-28(31,32)22-14-19(15-23(16-22)29(33,34)35)18-40-25(17-37)27(21-4-2-1-3-5-21)10-6-24(7-11-27)36-12-8-20(9-13-36)26(38)39/h1-5,14-16,20,24-25,37H,6-13,17-18H2,(H,38,39)/t24?,25-,27?/m0/s1. The minimum atomic E-state index is -4.96. The molecule has 220 valence electrons. The number of hydrogen-bond acceptors (Lipinski definition) is 4. The summed E-state index contributed by atoms with van der Waals surface area (Å²) in [5.41, 5.74) is -2.91. The van der Waals surface area contributed by atoms with Gasteiger partial charge in [-0.1, -0.05) is 30.3 Å². The Morgan fingerprint density at radius 3 is 1.95 bits per heavy atom. The number of aliphatic hydroxyl groups excluding tert-OH is 1. The smallest absolute Gasteiger partial charge is 0.416 e. The second-order valence-corrected chi connectivity index (χ2v) is 10.8. The van der Waals surface area contributed by atoms with Crippen molar-refractivity contribution in [3.8, 4) is 0 Å². The number of alkyl halides is 6. The van der Waals surface area contributed by atoms with Crippen LogP contribution in [0.4, 0.5) is 26.3 Å². The van der Waals surface area contributed by atoms with Crippen LogP contribution in [0.25, 0.3) is 0 Å². The summed E-state index contributed by atoms with van der Waals surface area (Å²) in [6.45, 7) is 0.363. The predicted molar refractivity (Wildman–Crippen MR) is 134 cm³/mol. The maximum Gasteiger partial charge on any atom is 0.416 e. The fourth-order valence-corrected chi connectivity index (χ4v) is 6.25. The molecule has 1 aliphatic heterocycles. The third-order valence-corrected chi connectivity index (χ3v) is 8.47. The Bertz CT molecular complexity index is 1110. The second-order valence-electron chi connectivity index (χ2n) is 10.8. The van der Waals surface area contributed by atoms with Crippen molar-refractivity contribution in [2.45, 2.75) is 75.0 Å². The molecule has 4 rings (SSSR count). The summed E-state index contributed by atoms with van der Waals surface area (Å²) in [6, 6.07) is 10.9. The molecular weight excluding hydrogens is 540 g/mol. The number of hydrogen-bond donors (Lipinski definition) is 2. The van der Waals surface area contributed by atoms with Crippen molar-refractivity contribution in [1.29, 1.82) is 0 Å². The van der Waals surface area contributed by atoms with Crippen LogP contribution < -0.4 is 0 Å². The molecule has 1 saturated carbocycles. The predicted octanol–water partition coefficient (Wildman–Crippen LogP) is 6.28. The maximum absolute atomic E-state index is 13.3. The van der Waals surface area contributed by atoms with E-state index in [1.165, 1.54) is 0 Å². The van der Waals surface area contributed by atoms with E-state index in [1.807, 2.05) is 30.3 Å². The number of carboxylic acid groups (broad SMARTS) is 1. The highest BCUT2D eigenvalue weighted by atomic mass is 19.4. The molecule has 2 fully saturated rings. The highest BCUT2D eigenvalue weighted by Crippen LogP contribution is 2.45. The molecule has 5 nitrogen and oxygen atoms in total. The molecule has 0 aromatic heterocycles. The van der Waals surface area contributed by atoms with Crippen LogP contribution in [0, 0.1) is 5.92 Å². The van der Waals surface area contributed by atoms with Gasteiger partial charge in [0.25, 0.3) is 0 Å². The van der Waals surface area contributed by atoms with Crippen LogP contribution in [0.1, 0.15) is 60.8 Å². The summed E-state index contributed by atoms with van der Waals surface area (Å²) in [5, 5.41) is 19.7. The lowest BCUT2D eigenvalue weighted by Gasteiger charge is -2.48. The van der Waals surface area contributed by atoms with E-state index in [0.717, 1.165) is 18.4 Å². The molecule has 0 radical (unpaired) electrons. The Kier molecular flexibility index (Phi) is 9.16. The molecule has 0 unspecified atom stereocenters. The van der Waals surface area contributed by atoms with Gasteiger partial charge in [-0.25, -0.2) is 0 Å². The lowest BCUT2D eigenvalue weighted by Crippen LogP contribution is -2.51. The number of halogens is 6. The Morgan fingerprint density at radius 2 is 1.48 bits per heavy atom. The SMILES string of the molecule is O=C(O)C1CCN(C2CCC(c3ccccc3)([C@H](CO)OCc3cc(C(F)(F)F)cc(C(F)(F)F)c3)CC2)CC1. The molecule has 0 spiro atoms. The number of benzene rings is 2. The molecule has 2 aromatic carbocycles. The molecule has 0 amide bonds. The van der Waals surface area contributed by atoms with Gasteiger partial charge in [-0.15, -0.1) is 0 Å². The lowest BCUT2D eigenvalue weighted by atomic mass is 9.64. The molecule has 11 heteroatoms. The highest BCUT2D eigenvalue weighted by molar-refractivity contribution is 5.70. The number of rotatable bonds is 8. The van der Waals surface area contributed by atoms with Crippen molar-refractivity contribution < 1.29 is 46.1 Å². The monoisotopic (exact) mass is 573 g/mol. The molecule has 1 atom stereocenters. The number of nitrogens with zero attached hydrogens (tertiary/aromatic N) is 1. The topological polar surface area (TPSA) is 70.0 Å². The van der Waals surface area contributed by atoms with Gasteiger partial charge < -0.3 is 19.8 Å². The molecule has 2 aromatic rings. The Balaban J connectivity index is 1.54. The quantitative estimate of drug-likeness (QED) is 0.364. The number of piperidine rings is 1. The number of carboxylic acids is 1. The zero-order chi connectivity index (χ0) is 29.1. The molecule has 2 aliphatic rings. The summed E-state index contributed by atoms with van der Waals surface area (Å²) in [4.78, 5) is 13.6. The average Bonchev–Trinajstić information content (AvgIpc) is 2.93. The van der Waals surface area contributed by atoms with Crippen LogP contribution in [0.15, 0.2) is 48.5 Å². The van der Waals surface area contributed by atoms with Gasteiger partial charge in [-0.05, 0) is 80.9 Å². The van der Waals surface area contributed by atoms with Gasteiger partial charge in [-0.2, -0.15) is 26.3 Å². The lowest BCUT2D eigenvalue weighted by molar-refractivity contribution is -0.144. The Morgan fingerprint density at radius 1 is 0.925 bits per heavy atom. The minimum Gasteiger partial charge on any atom is -0.481 e. The van der Waals surface area contributed by atoms with E-state index in [9.17, 15) is 41.4 Å². The first-order valence-corrected chi connectivity index (χ1v) is 13.4. The van der Waals surface area contributed by atoms with Crippen molar-refractivity contribution in [3.63, 3.8) is 0 Å². The normalized spacial score (nSPS) is 24.1. The van der Waals surface area contributed by atoms with Crippen molar-refractivity contribution in [2.75, 3.05) is 19.7 Å². The zero-order valence-electron chi connectivity index (χ0n) is 21.8. The van der Waals surface area contributed by atoms with Gasteiger partial charge in [0, 0.05) is 11.5 Å². The fraction of sp³-hybridized carbons (Fsp3) is 0.552. The summed E-state index contributed by atoms with van der Waals surface area (Å²) in [7, 11) is 0. The van der Waals surface area contributed by atoms with Crippen molar-refractivity contribution in [3.05, 3.63) is 70.8 Å². The van der Waals surface area contributed by atoms with E-state index >= 15 is 0 Å². The van der Waals surface area contributed by atoms with Crippen LogP contribution in [0.3, 0.4) is 0 Å². The van der Waals surface area contributed by atoms with Crippen LogP contribution in [-0.2, 0) is 33.9 Å². The molecule has 40 heavy (non-hydrogen) atoms. The Labute approximate surface area is 228 Å². The molecular formula is C29H33F6NO4. The molecule has 1 heterocycles. The molecule has 1 saturated heterocycles. The van der Waals surface area contributed by atoms with E-state index < -0.39 is 54.2 Å². The first-order valence-electron chi connectivity index (χ1n) is 13.4. The number of aliphatic hydroxyl groups is 1. The van der Waals surface area contributed by atoms with Crippen LogP contribution in [-0.4, -0.2) is 52.9 Å². The average molecular weight is 574 g/mol. The Hall–Kier alpha value is -2.63. The first-order chi connectivity index (χ1) is 18.8. The minimum absolute atomic E-state index is 0.0824. The van der Waals surface area contributed by atoms with E-state index in [1.54, 1.807) is 0 Å². The van der Waals surface area contributed by atoms with Crippen molar-refractivity contribution >= 4 is 5.97 Å². The van der Waals surface area contributed by atoms with Gasteiger partial charge in [0.1, 0.15) is 0 Å². The van der Waals surface area contributed by atoms with Crippen LogP contribution in [0.5, 0.6) is 0 Å². The van der Waals surface area contributed by atoms with Crippen LogP contribution in [0.2, 0.25) is 0 Å². The fourth-order valence-electron chi connectivity index (χ4n) is 6.25. The van der Waals surface area contributed by atoms with E-state index in [2.05, 4.69) is 4.90 Å². The second kappa shape index (κ2) is 12.1. The third kappa shape index (κ3) is 6.80. The van der Waals surface area contributed by atoms with Gasteiger partial charge in [0.2, 0.25) is 0 Å². The number of aliphatic carboxylic acids is 1. The molecule has 1 aliphatic carbocycles. The number of likely N-dealkylation sites (tertiary alicyclic amines) is 1. The first kappa shape index (κ1) is 30.3. The molecule has 2 N–H and O–H groups in total. The number of ether oxygens (including phenoxy) is 1. The van der Waals surface area contributed by atoms with Crippen molar-refractivity contribution in [1.82, 2.24) is 4.90 Å². The largest absolute Gasteiger partial charge is 0.481 e. The maximum atomic E-state index is 13.3. The van der Waals surface area contributed by atoms with Gasteiger partial charge in [0.15, 0.2) is 0 Å². The summed E-state index contributed by atoms with van der Waals surface area (Å²) in [5.74, 6) is -1.12.